The lowest BCUT2D eigenvalue weighted by Crippen LogP contribution is -2.19. The van der Waals surface area contributed by atoms with Crippen molar-refractivity contribution in [1.82, 2.24) is 4.98 Å². The maximum atomic E-state index is 12.0. The smallest absolute Gasteiger partial charge is 0.181 e. The van der Waals surface area contributed by atoms with Crippen LogP contribution in [-0.2, 0) is 0 Å². The highest BCUT2D eigenvalue weighted by molar-refractivity contribution is 6.01. The molecule has 0 saturated carbocycles. The van der Waals surface area contributed by atoms with Crippen LogP contribution in [0.15, 0.2) is 59.3 Å². The Balaban J connectivity index is 0.000000199. The van der Waals surface area contributed by atoms with Gasteiger partial charge in [-0.25, -0.2) is 4.98 Å². The van der Waals surface area contributed by atoms with E-state index in [4.69, 9.17) is 4.42 Å². The average molecular weight is 365 g/mol. The van der Waals surface area contributed by atoms with Crippen molar-refractivity contribution in [3.05, 3.63) is 66.1 Å². The molecule has 0 spiro atoms. The molecule has 142 valence electrons. The summed E-state index contributed by atoms with van der Waals surface area (Å²) >= 11 is 0. The lowest BCUT2D eigenvalue weighted by molar-refractivity contribution is 0.0852. The standard InChI is InChI=1S/C12H13NO2.C11H14O/c1-12(2,3)11(14)8-4-5-9-10(6-8)15-7-13-9;1-11(2,3)10(12)9-7-5-4-6-8-9/h4-7H,1-3H3;4-8H,1-3H3. The summed E-state index contributed by atoms with van der Waals surface area (Å²) in [6.07, 6.45) is 1.38. The molecule has 1 heterocycles. The van der Waals surface area contributed by atoms with Crippen molar-refractivity contribution in [3.8, 4) is 0 Å². The molecule has 0 aliphatic heterocycles. The first-order valence-corrected chi connectivity index (χ1v) is 8.98. The number of oxazole rings is 1. The molecule has 4 nitrogen and oxygen atoms in total. The van der Waals surface area contributed by atoms with Crippen molar-refractivity contribution < 1.29 is 14.0 Å². The zero-order valence-electron chi connectivity index (χ0n) is 16.9. The number of fused-ring (bicyclic) bond motifs is 1. The molecule has 2 aromatic carbocycles. The number of benzene rings is 2. The van der Waals surface area contributed by atoms with Crippen molar-refractivity contribution >= 4 is 22.7 Å². The van der Waals surface area contributed by atoms with E-state index in [1.165, 1.54) is 6.39 Å². The van der Waals surface area contributed by atoms with Crippen LogP contribution < -0.4 is 0 Å². The normalized spacial score (nSPS) is 11.6. The highest BCUT2D eigenvalue weighted by atomic mass is 16.3. The number of carbonyl (C=O) groups is 2. The molecule has 0 fully saturated rings. The van der Waals surface area contributed by atoms with E-state index in [9.17, 15) is 9.59 Å². The van der Waals surface area contributed by atoms with E-state index in [0.717, 1.165) is 11.1 Å². The maximum Gasteiger partial charge on any atom is 0.181 e. The Kier molecular flexibility index (Phi) is 5.99. The van der Waals surface area contributed by atoms with Gasteiger partial charge in [-0.2, -0.15) is 0 Å². The Morgan fingerprint density at radius 3 is 1.89 bits per heavy atom. The van der Waals surface area contributed by atoms with Crippen LogP contribution in [0.1, 0.15) is 62.3 Å². The van der Waals surface area contributed by atoms with Gasteiger partial charge in [0.05, 0.1) is 0 Å². The molecule has 0 unspecified atom stereocenters. The molecule has 0 aliphatic rings. The van der Waals surface area contributed by atoms with Gasteiger partial charge < -0.3 is 4.42 Å². The minimum atomic E-state index is -0.367. The summed E-state index contributed by atoms with van der Waals surface area (Å²) in [5.41, 5.74) is 2.26. The van der Waals surface area contributed by atoms with Gasteiger partial charge in [0.15, 0.2) is 23.5 Å². The third-order valence-electron chi connectivity index (χ3n) is 3.99. The Morgan fingerprint density at radius 2 is 1.33 bits per heavy atom. The molecule has 3 aromatic rings. The number of Topliss-reactive ketones (excluding diaryl/α,β-unsaturated/α-hetero) is 2. The Labute approximate surface area is 160 Å². The molecule has 0 N–H and O–H groups in total. The van der Waals surface area contributed by atoms with Crippen LogP contribution in [0.5, 0.6) is 0 Å². The summed E-state index contributed by atoms with van der Waals surface area (Å²) in [6, 6.07) is 14.7. The van der Waals surface area contributed by atoms with E-state index >= 15 is 0 Å². The quantitative estimate of drug-likeness (QED) is 0.525. The lowest BCUT2D eigenvalue weighted by atomic mass is 9.86. The van der Waals surface area contributed by atoms with Crippen molar-refractivity contribution in [1.29, 1.82) is 0 Å². The number of nitrogens with zero attached hydrogens (tertiary/aromatic N) is 1. The fourth-order valence-corrected chi connectivity index (χ4v) is 2.45. The Hall–Kier alpha value is -2.75. The largest absolute Gasteiger partial charge is 0.443 e. The van der Waals surface area contributed by atoms with Gasteiger partial charge in [-0.05, 0) is 18.2 Å². The summed E-state index contributed by atoms with van der Waals surface area (Å²) < 4.78 is 5.16. The van der Waals surface area contributed by atoms with Gasteiger partial charge in [0.2, 0.25) is 0 Å². The van der Waals surface area contributed by atoms with Crippen LogP contribution in [0.4, 0.5) is 0 Å². The highest BCUT2D eigenvalue weighted by Crippen LogP contribution is 2.23. The van der Waals surface area contributed by atoms with Gasteiger partial charge in [0, 0.05) is 22.0 Å². The third kappa shape index (κ3) is 5.36. The summed E-state index contributed by atoms with van der Waals surface area (Å²) in [7, 11) is 0. The topological polar surface area (TPSA) is 60.2 Å². The molecule has 0 radical (unpaired) electrons. The molecule has 0 aliphatic carbocycles. The van der Waals surface area contributed by atoms with E-state index in [1.54, 1.807) is 18.2 Å². The number of ketones is 2. The monoisotopic (exact) mass is 365 g/mol. The second kappa shape index (κ2) is 7.87. The van der Waals surface area contributed by atoms with E-state index in [2.05, 4.69) is 4.98 Å². The number of hydrogen-bond donors (Lipinski definition) is 0. The summed E-state index contributed by atoms with van der Waals surface area (Å²) in [5.74, 6) is 0.309. The molecule has 27 heavy (non-hydrogen) atoms. The predicted octanol–water partition coefficient (Wildman–Crippen LogP) is 5.97. The summed E-state index contributed by atoms with van der Waals surface area (Å²) in [4.78, 5) is 27.6. The van der Waals surface area contributed by atoms with Crippen LogP contribution >= 0.6 is 0 Å². The molecule has 0 amide bonds. The average Bonchev–Trinajstić information content (AvgIpc) is 3.08. The fraction of sp³-hybridized carbons (Fsp3) is 0.348. The number of carbonyl (C=O) groups excluding carboxylic acids is 2. The molecule has 0 saturated heterocycles. The lowest BCUT2D eigenvalue weighted by Gasteiger charge is -2.16. The highest BCUT2D eigenvalue weighted by Gasteiger charge is 2.23. The van der Waals surface area contributed by atoms with Crippen LogP contribution in [-0.4, -0.2) is 16.6 Å². The minimum Gasteiger partial charge on any atom is -0.443 e. The number of aromatic nitrogens is 1. The van der Waals surface area contributed by atoms with Crippen molar-refractivity contribution in [2.75, 3.05) is 0 Å². The van der Waals surface area contributed by atoms with Crippen molar-refractivity contribution in [2.45, 2.75) is 41.5 Å². The van der Waals surface area contributed by atoms with Gasteiger partial charge in [-0.3, -0.25) is 9.59 Å². The minimum absolute atomic E-state index is 0.112. The van der Waals surface area contributed by atoms with E-state index in [0.29, 0.717) is 11.1 Å². The van der Waals surface area contributed by atoms with Gasteiger partial charge in [0.25, 0.3) is 0 Å². The molecular weight excluding hydrogens is 338 g/mol. The first-order valence-electron chi connectivity index (χ1n) is 8.98. The van der Waals surface area contributed by atoms with Gasteiger partial charge in [0.1, 0.15) is 5.52 Å². The summed E-state index contributed by atoms with van der Waals surface area (Å²) in [5, 5.41) is 0. The fourth-order valence-electron chi connectivity index (χ4n) is 2.45. The first kappa shape index (κ1) is 20.6. The SMILES string of the molecule is CC(C)(C)C(=O)c1ccc2ncoc2c1.CC(C)(C)C(=O)c1ccccc1. The molecule has 3 rings (SSSR count). The molecule has 0 atom stereocenters. The Bertz CT molecular complexity index is 925. The second-order valence-corrected chi connectivity index (χ2v) is 8.56. The first-order chi connectivity index (χ1) is 12.5. The van der Waals surface area contributed by atoms with Crippen molar-refractivity contribution in [2.24, 2.45) is 10.8 Å². The van der Waals surface area contributed by atoms with Crippen LogP contribution in [0.25, 0.3) is 11.1 Å². The summed E-state index contributed by atoms with van der Waals surface area (Å²) in [6.45, 7) is 11.5. The van der Waals surface area contributed by atoms with E-state index < -0.39 is 0 Å². The second-order valence-electron chi connectivity index (χ2n) is 8.56. The van der Waals surface area contributed by atoms with Gasteiger partial charge in [-0.15, -0.1) is 0 Å². The van der Waals surface area contributed by atoms with Gasteiger partial charge in [-0.1, -0.05) is 71.9 Å². The van der Waals surface area contributed by atoms with Crippen molar-refractivity contribution in [3.63, 3.8) is 0 Å². The predicted molar refractivity (Wildman–Crippen MR) is 108 cm³/mol. The zero-order valence-corrected chi connectivity index (χ0v) is 16.9. The van der Waals surface area contributed by atoms with E-state index in [-0.39, 0.29) is 22.4 Å². The molecule has 1 aromatic heterocycles. The molecular formula is C23H27NO3. The number of rotatable bonds is 2. The molecule has 4 heteroatoms. The number of hydrogen-bond acceptors (Lipinski definition) is 4. The van der Waals surface area contributed by atoms with Crippen LogP contribution in [0.3, 0.4) is 0 Å². The van der Waals surface area contributed by atoms with Gasteiger partial charge >= 0.3 is 0 Å². The Morgan fingerprint density at radius 1 is 0.778 bits per heavy atom. The van der Waals surface area contributed by atoms with Crippen LogP contribution in [0.2, 0.25) is 0 Å². The van der Waals surface area contributed by atoms with Crippen LogP contribution in [0, 0.1) is 10.8 Å². The zero-order chi connectivity index (χ0) is 20.2. The molecule has 0 bridgehead atoms. The van der Waals surface area contributed by atoms with E-state index in [1.807, 2.05) is 71.9 Å². The third-order valence-corrected chi connectivity index (χ3v) is 3.99. The maximum absolute atomic E-state index is 12.0.